The molecule has 0 saturated carbocycles. The average molecular weight is 493 g/mol. The number of aliphatic hydroxyl groups excluding tert-OH is 4. The molecule has 8 heteroatoms. The summed E-state index contributed by atoms with van der Waals surface area (Å²) in [5.41, 5.74) is 0. The average Bonchev–Trinajstić information content (AvgIpc) is 2.85. The molecule has 1 rings (SSSR count). The molecule has 204 valence electrons. The molecule has 0 spiro atoms. The van der Waals surface area contributed by atoms with Crippen LogP contribution in [0.3, 0.4) is 0 Å². The number of rotatable bonds is 22. The van der Waals surface area contributed by atoms with Gasteiger partial charge in [-0.25, -0.2) is 0 Å². The van der Waals surface area contributed by atoms with Crippen molar-refractivity contribution >= 4 is 0 Å². The van der Waals surface area contributed by atoms with Crippen molar-refractivity contribution in [2.75, 3.05) is 33.5 Å². The quantitative estimate of drug-likeness (QED) is 0.170. The fraction of sp³-hybridized carbons (Fsp3) is 1.00. The van der Waals surface area contributed by atoms with Gasteiger partial charge in [-0.05, 0) is 6.42 Å². The van der Waals surface area contributed by atoms with Crippen LogP contribution in [0.25, 0.3) is 0 Å². The highest BCUT2D eigenvalue weighted by Crippen LogP contribution is 2.22. The molecule has 1 heterocycles. The summed E-state index contributed by atoms with van der Waals surface area (Å²) >= 11 is 0. The van der Waals surface area contributed by atoms with E-state index in [1.165, 1.54) is 77.0 Å². The van der Waals surface area contributed by atoms with Gasteiger partial charge in [0.2, 0.25) is 0 Å². The molecule has 1 aliphatic rings. The molecular weight excluding hydrogens is 440 g/mol. The predicted molar refractivity (Wildman–Crippen MR) is 132 cm³/mol. The van der Waals surface area contributed by atoms with E-state index in [4.69, 9.17) is 18.9 Å². The molecule has 6 atom stereocenters. The number of methoxy groups -OCH3 is 1. The van der Waals surface area contributed by atoms with Crippen LogP contribution in [0.2, 0.25) is 0 Å². The van der Waals surface area contributed by atoms with Gasteiger partial charge in [-0.3, -0.25) is 0 Å². The van der Waals surface area contributed by atoms with Crippen LogP contribution >= 0.6 is 0 Å². The van der Waals surface area contributed by atoms with Gasteiger partial charge in [0.15, 0.2) is 6.29 Å². The van der Waals surface area contributed by atoms with Gasteiger partial charge in [-0.2, -0.15) is 0 Å². The van der Waals surface area contributed by atoms with Gasteiger partial charge in [0.05, 0.1) is 19.8 Å². The minimum absolute atomic E-state index is 0.0952. The summed E-state index contributed by atoms with van der Waals surface area (Å²) < 4.78 is 21.9. The Balaban J connectivity index is 1.97. The molecule has 0 aromatic heterocycles. The van der Waals surface area contributed by atoms with Crippen molar-refractivity contribution in [2.45, 2.75) is 134 Å². The van der Waals surface area contributed by atoms with Crippen molar-refractivity contribution < 1.29 is 39.4 Å². The molecule has 1 saturated heterocycles. The van der Waals surface area contributed by atoms with Crippen LogP contribution in [-0.4, -0.2) is 90.8 Å². The Morgan fingerprint density at radius 2 is 1.24 bits per heavy atom. The van der Waals surface area contributed by atoms with E-state index >= 15 is 0 Å². The molecule has 1 aliphatic heterocycles. The van der Waals surface area contributed by atoms with E-state index in [9.17, 15) is 20.4 Å². The zero-order valence-electron chi connectivity index (χ0n) is 21.6. The third-order valence-electron chi connectivity index (χ3n) is 6.57. The largest absolute Gasteiger partial charge is 0.394 e. The summed E-state index contributed by atoms with van der Waals surface area (Å²) in [7, 11) is 1.55. The van der Waals surface area contributed by atoms with Crippen molar-refractivity contribution in [1.82, 2.24) is 0 Å². The first-order chi connectivity index (χ1) is 16.5. The van der Waals surface area contributed by atoms with Crippen LogP contribution in [0.4, 0.5) is 0 Å². The van der Waals surface area contributed by atoms with Crippen LogP contribution in [-0.2, 0) is 18.9 Å². The molecule has 0 bridgehead atoms. The van der Waals surface area contributed by atoms with E-state index < -0.39 is 37.3 Å². The van der Waals surface area contributed by atoms with E-state index in [0.717, 1.165) is 12.8 Å². The highest BCUT2D eigenvalue weighted by molar-refractivity contribution is 4.88. The first kappa shape index (κ1) is 31.7. The van der Waals surface area contributed by atoms with Gasteiger partial charge in [-0.15, -0.1) is 0 Å². The first-order valence-electron chi connectivity index (χ1n) is 13.6. The Kier molecular flexibility index (Phi) is 19.4. The third-order valence-corrected chi connectivity index (χ3v) is 6.57. The van der Waals surface area contributed by atoms with Gasteiger partial charge in [0.1, 0.15) is 30.5 Å². The normalized spacial score (nSPS) is 26.1. The standard InChI is InChI=1S/C26H52O8/c1-3-4-5-6-7-8-9-10-11-12-13-14-15-16-17-32-19-21(31-2)20-33-26-25(30)24(29)23(28)22(18-27)34-26/h21-30H,3-20H2,1-2H3/t21-,22+,23+,24-,25+,26+/m0/s1. The van der Waals surface area contributed by atoms with Gasteiger partial charge in [0, 0.05) is 13.7 Å². The monoisotopic (exact) mass is 492 g/mol. The molecule has 1 fully saturated rings. The molecule has 0 amide bonds. The van der Waals surface area contributed by atoms with Crippen molar-refractivity contribution in [3.63, 3.8) is 0 Å². The Labute approximate surface area is 206 Å². The lowest BCUT2D eigenvalue weighted by molar-refractivity contribution is -0.305. The SMILES string of the molecule is CCCCCCCCCCCCCCCCOC[C@@H](CO[C@@H]1O[C@H](CO)[C@@H](O)[C@H](O)[C@H]1O)OC. The zero-order valence-corrected chi connectivity index (χ0v) is 21.6. The van der Waals surface area contributed by atoms with E-state index in [-0.39, 0.29) is 12.7 Å². The summed E-state index contributed by atoms with van der Waals surface area (Å²) in [4.78, 5) is 0. The van der Waals surface area contributed by atoms with Crippen LogP contribution in [0.1, 0.15) is 96.8 Å². The molecule has 4 N–H and O–H groups in total. The summed E-state index contributed by atoms with van der Waals surface area (Å²) in [6, 6.07) is 0. The molecule has 8 nitrogen and oxygen atoms in total. The number of hydrogen-bond donors (Lipinski definition) is 4. The minimum atomic E-state index is -1.45. The second-order valence-electron chi connectivity index (χ2n) is 9.56. The summed E-state index contributed by atoms with van der Waals surface area (Å²) in [5.74, 6) is 0. The van der Waals surface area contributed by atoms with E-state index in [2.05, 4.69) is 6.92 Å². The Morgan fingerprint density at radius 3 is 1.74 bits per heavy atom. The van der Waals surface area contributed by atoms with E-state index in [1.807, 2.05) is 0 Å². The van der Waals surface area contributed by atoms with Crippen molar-refractivity contribution in [3.05, 3.63) is 0 Å². The minimum Gasteiger partial charge on any atom is -0.394 e. The topological polar surface area (TPSA) is 118 Å². The van der Waals surface area contributed by atoms with Crippen LogP contribution in [0.15, 0.2) is 0 Å². The Bertz CT molecular complexity index is 451. The molecule has 34 heavy (non-hydrogen) atoms. The fourth-order valence-corrected chi connectivity index (χ4v) is 4.20. The van der Waals surface area contributed by atoms with Crippen molar-refractivity contribution in [1.29, 1.82) is 0 Å². The van der Waals surface area contributed by atoms with Crippen molar-refractivity contribution in [3.8, 4) is 0 Å². The lowest BCUT2D eigenvalue weighted by atomic mass is 9.99. The molecule has 0 aromatic rings. The maximum Gasteiger partial charge on any atom is 0.186 e. The van der Waals surface area contributed by atoms with Crippen LogP contribution in [0, 0.1) is 0 Å². The lowest BCUT2D eigenvalue weighted by Gasteiger charge is -2.39. The smallest absolute Gasteiger partial charge is 0.186 e. The predicted octanol–water partition coefficient (Wildman–Crippen LogP) is 3.32. The second-order valence-corrected chi connectivity index (χ2v) is 9.56. The maximum atomic E-state index is 10.0. The summed E-state index contributed by atoms with van der Waals surface area (Å²) in [6.07, 6.45) is 11.8. The molecule has 0 unspecified atom stereocenters. The second kappa shape index (κ2) is 20.8. The molecular formula is C26H52O8. The Morgan fingerprint density at radius 1 is 0.706 bits per heavy atom. The lowest BCUT2D eigenvalue weighted by Crippen LogP contribution is -2.59. The van der Waals surface area contributed by atoms with Crippen molar-refractivity contribution in [2.24, 2.45) is 0 Å². The number of aliphatic hydroxyl groups is 4. The van der Waals surface area contributed by atoms with Gasteiger partial charge in [0.25, 0.3) is 0 Å². The van der Waals surface area contributed by atoms with Gasteiger partial charge in [-0.1, -0.05) is 90.4 Å². The van der Waals surface area contributed by atoms with E-state index in [0.29, 0.717) is 13.2 Å². The summed E-state index contributed by atoms with van der Waals surface area (Å²) in [5, 5.41) is 38.9. The van der Waals surface area contributed by atoms with E-state index in [1.54, 1.807) is 7.11 Å². The highest BCUT2D eigenvalue weighted by Gasteiger charge is 2.44. The molecule has 0 radical (unpaired) electrons. The Hall–Kier alpha value is -0.320. The van der Waals surface area contributed by atoms with Gasteiger partial charge >= 0.3 is 0 Å². The van der Waals surface area contributed by atoms with Crippen LogP contribution in [0.5, 0.6) is 0 Å². The zero-order chi connectivity index (χ0) is 25.0. The maximum absolute atomic E-state index is 10.0. The number of ether oxygens (including phenoxy) is 4. The van der Waals surface area contributed by atoms with Gasteiger partial charge < -0.3 is 39.4 Å². The highest BCUT2D eigenvalue weighted by atomic mass is 16.7. The summed E-state index contributed by atoms with van der Waals surface area (Å²) in [6.45, 7) is 2.89. The molecule has 0 aromatic carbocycles. The molecule has 0 aliphatic carbocycles. The number of unbranched alkanes of at least 4 members (excludes halogenated alkanes) is 13. The first-order valence-corrected chi connectivity index (χ1v) is 13.6. The number of hydrogen-bond acceptors (Lipinski definition) is 8. The van der Waals surface area contributed by atoms with Crippen LogP contribution < -0.4 is 0 Å². The fourth-order valence-electron chi connectivity index (χ4n) is 4.20. The third kappa shape index (κ3) is 13.7.